The number of rotatable bonds is 9. The van der Waals surface area contributed by atoms with Crippen molar-refractivity contribution in [3.05, 3.63) is 66.2 Å². The van der Waals surface area contributed by atoms with E-state index in [9.17, 15) is 9.90 Å². The predicted molar refractivity (Wildman–Crippen MR) is 148 cm³/mol. The SMILES string of the molecule is COc1cccc(-c2nc([C@@H]3C[C@@H](O)CN3C(=O)C(c3cc(OC)no3)C(C)C)[nH]c2-c2cccc(OC)c2)c1. The third-order valence-corrected chi connectivity index (χ3v) is 7.26. The van der Waals surface area contributed by atoms with Gasteiger partial charge >= 0.3 is 0 Å². The summed E-state index contributed by atoms with van der Waals surface area (Å²) in [5, 5.41) is 14.6. The number of β-amino-alcohol motifs (C(OH)–C–C–N with tert-alkyl or cyclic N) is 1. The van der Waals surface area contributed by atoms with E-state index in [-0.39, 0.29) is 18.4 Å². The van der Waals surface area contributed by atoms with Crippen LogP contribution < -0.4 is 14.2 Å². The third kappa shape index (κ3) is 5.27. The van der Waals surface area contributed by atoms with Gasteiger partial charge in [-0.3, -0.25) is 4.79 Å². The van der Waals surface area contributed by atoms with E-state index in [2.05, 4.69) is 10.1 Å². The molecule has 4 aromatic rings. The highest BCUT2D eigenvalue weighted by Crippen LogP contribution is 2.40. The average molecular weight is 547 g/mol. The van der Waals surface area contributed by atoms with Crippen molar-refractivity contribution < 1.29 is 28.6 Å². The van der Waals surface area contributed by atoms with Gasteiger partial charge in [-0.25, -0.2) is 4.98 Å². The number of carbonyl (C=O) groups excluding carboxylic acids is 1. The fraction of sp³-hybridized carbons (Fsp3) is 0.367. The lowest BCUT2D eigenvalue weighted by Gasteiger charge is -2.28. The zero-order chi connectivity index (χ0) is 28.4. The molecular weight excluding hydrogens is 512 g/mol. The minimum absolute atomic E-state index is 0.0835. The lowest BCUT2D eigenvalue weighted by Crippen LogP contribution is -2.37. The van der Waals surface area contributed by atoms with Crippen LogP contribution in [0.25, 0.3) is 22.5 Å². The van der Waals surface area contributed by atoms with Crippen LogP contribution in [0.4, 0.5) is 0 Å². The van der Waals surface area contributed by atoms with Gasteiger partial charge in [0.15, 0.2) is 5.76 Å². The number of aromatic nitrogens is 3. The predicted octanol–water partition coefficient (Wildman–Crippen LogP) is 4.83. The number of imidazole rings is 1. The molecule has 40 heavy (non-hydrogen) atoms. The first kappa shape index (κ1) is 27.3. The van der Waals surface area contributed by atoms with Crippen molar-refractivity contribution in [3.63, 3.8) is 0 Å². The Labute approximate surface area is 232 Å². The van der Waals surface area contributed by atoms with Crippen molar-refractivity contribution >= 4 is 5.91 Å². The second-order valence-electron chi connectivity index (χ2n) is 10.2. The Kier molecular flexibility index (Phi) is 7.79. The molecule has 2 N–H and O–H groups in total. The molecule has 3 heterocycles. The molecule has 0 saturated carbocycles. The van der Waals surface area contributed by atoms with Crippen LogP contribution >= 0.6 is 0 Å². The van der Waals surface area contributed by atoms with E-state index in [1.807, 2.05) is 62.4 Å². The second-order valence-corrected chi connectivity index (χ2v) is 10.2. The second kappa shape index (κ2) is 11.4. The quantitative estimate of drug-likeness (QED) is 0.306. The maximum absolute atomic E-state index is 14.0. The Morgan fingerprint density at radius 3 is 2.33 bits per heavy atom. The minimum Gasteiger partial charge on any atom is -0.497 e. The first-order valence-corrected chi connectivity index (χ1v) is 13.2. The number of amides is 1. The molecule has 2 aromatic carbocycles. The molecule has 2 aromatic heterocycles. The summed E-state index contributed by atoms with van der Waals surface area (Å²) in [4.78, 5) is 24.2. The number of carbonyl (C=O) groups is 1. The molecule has 0 spiro atoms. The summed E-state index contributed by atoms with van der Waals surface area (Å²) in [5.74, 6) is 1.87. The van der Waals surface area contributed by atoms with Gasteiger partial charge in [0.2, 0.25) is 5.91 Å². The van der Waals surface area contributed by atoms with Gasteiger partial charge in [0, 0.05) is 30.2 Å². The van der Waals surface area contributed by atoms with Crippen molar-refractivity contribution in [1.82, 2.24) is 20.0 Å². The largest absolute Gasteiger partial charge is 0.497 e. The normalized spacial score (nSPS) is 17.7. The lowest BCUT2D eigenvalue weighted by molar-refractivity contribution is -0.135. The van der Waals surface area contributed by atoms with Gasteiger partial charge in [0.1, 0.15) is 23.2 Å². The topological polar surface area (TPSA) is 123 Å². The molecule has 5 rings (SSSR count). The molecule has 0 radical (unpaired) electrons. The van der Waals surface area contributed by atoms with E-state index >= 15 is 0 Å². The fourth-order valence-electron chi connectivity index (χ4n) is 5.26. The fourth-order valence-corrected chi connectivity index (χ4v) is 5.26. The number of nitrogens with zero attached hydrogens (tertiary/aromatic N) is 3. The van der Waals surface area contributed by atoms with E-state index in [1.165, 1.54) is 7.11 Å². The van der Waals surface area contributed by atoms with Crippen LogP contribution in [-0.4, -0.2) is 65.0 Å². The number of nitrogens with one attached hydrogen (secondary N) is 1. The number of ether oxygens (including phenoxy) is 3. The van der Waals surface area contributed by atoms with Crippen molar-refractivity contribution in [1.29, 1.82) is 0 Å². The Bertz CT molecular complexity index is 1410. The number of benzene rings is 2. The summed E-state index contributed by atoms with van der Waals surface area (Å²) in [6, 6.07) is 16.5. The molecule has 10 heteroatoms. The van der Waals surface area contributed by atoms with E-state index in [4.69, 9.17) is 23.7 Å². The molecule has 1 aliphatic rings. The zero-order valence-corrected chi connectivity index (χ0v) is 23.2. The summed E-state index contributed by atoms with van der Waals surface area (Å²) in [5.41, 5.74) is 3.21. The van der Waals surface area contributed by atoms with Gasteiger partial charge in [-0.2, -0.15) is 0 Å². The number of methoxy groups -OCH3 is 3. The number of hydrogen-bond donors (Lipinski definition) is 2. The van der Waals surface area contributed by atoms with Gasteiger partial charge < -0.3 is 33.7 Å². The van der Waals surface area contributed by atoms with Gasteiger partial charge in [-0.1, -0.05) is 38.1 Å². The summed E-state index contributed by atoms with van der Waals surface area (Å²) in [7, 11) is 4.74. The average Bonchev–Trinajstić information content (AvgIpc) is 3.71. The van der Waals surface area contributed by atoms with Crippen LogP contribution in [0.1, 0.15) is 43.8 Å². The summed E-state index contributed by atoms with van der Waals surface area (Å²) in [6.07, 6.45) is -0.351. The molecule has 10 nitrogen and oxygen atoms in total. The van der Waals surface area contributed by atoms with Crippen molar-refractivity contribution in [2.24, 2.45) is 5.92 Å². The van der Waals surface area contributed by atoms with Crippen molar-refractivity contribution in [3.8, 4) is 39.9 Å². The molecule has 210 valence electrons. The van der Waals surface area contributed by atoms with E-state index in [0.29, 0.717) is 41.1 Å². The van der Waals surface area contributed by atoms with Crippen molar-refractivity contribution in [2.75, 3.05) is 27.9 Å². The number of aliphatic hydroxyl groups excluding tert-OH is 1. The Balaban J connectivity index is 1.58. The number of likely N-dealkylation sites (tertiary alicyclic amines) is 1. The smallest absolute Gasteiger partial charge is 0.254 e. The zero-order valence-electron chi connectivity index (χ0n) is 23.2. The Morgan fingerprint density at radius 1 is 1.02 bits per heavy atom. The highest BCUT2D eigenvalue weighted by Gasteiger charge is 2.42. The van der Waals surface area contributed by atoms with Crippen LogP contribution in [0.15, 0.2) is 59.1 Å². The molecule has 0 bridgehead atoms. The monoisotopic (exact) mass is 546 g/mol. The first-order chi connectivity index (χ1) is 19.3. The Morgan fingerprint density at radius 2 is 1.70 bits per heavy atom. The number of aromatic amines is 1. The van der Waals surface area contributed by atoms with Gasteiger partial charge in [-0.05, 0) is 35.3 Å². The maximum atomic E-state index is 14.0. The van der Waals surface area contributed by atoms with Crippen LogP contribution in [0, 0.1) is 5.92 Å². The Hall–Kier alpha value is -4.31. The third-order valence-electron chi connectivity index (χ3n) is 7.26. The van der Waals surface area contributed by atoms with Gasteiger partial charge in [0.25, 0.3) is 5.88 Å². The van der Waals surface area contributed by atoms with Crippen LogP contribution in [-0.2, 0) is 4.79 Å². The minimum atomic E-state index is -0.698. The summed E-state index contributed by atoms with van der Waals surface area (Å²) in [6.45, 7) is 4.09. The van der Waals surface area contributed by atoms with E-state index in [0.717, 1.165) is 16.8 Å². The first-order valence-electron chi connectivity index (χ1n) is 13.2. The van der Waals surface area contributed by atoms with E-state index < -0.39 is 18.1 Å². The van der Waals surface area contributed by atoms with Crippen molar-refractivity contribution in [2.45, 2.75) is 38.3 Å². The summed E-state index contributed by atoms with van der Waals surface area (Å²) < 4.78 is 21.6. The molecule has 0 aliphatic carbocycles. The molecule has 1 unspecified atom stereocenters. The van der Waals surface area contributed by atoms with Gasteiger partial charge in [-0.15, -0.1) is 0 Å². The highest BCUT2D eigenvalue weighted by atomic mass is 16.5. The molecule has 1 fully saturated rings. The molecule has 1 saturated heterocycles. The van der Waals surface area contributed by atoms with Crippen LogP contribution in [0.2, 0.25) is 0 Å². The number of aliphatic hydroxyl groups is 1. The van der Waals surface area contributed by atoms with Crippen LogP contribution in [0.5, 0.6) is 17.4 Å². The molecule has 3 atom stereocenters. The molecular formula is C30H34N4O6. The number of hydrogen-bond acceptors (Lipinski definition) is 8. The lowest BCUT2D eigenvalue weighted by atomic mass is 9.91. The van der Waals surface area contributed by atoms with Crippen LogP contribution in [0.3, 0.4) is 0 Å². The molecule has 1 amide bonds. The highest BCUT2D eigenvalue weighted by molar-refractivity contribution is 5.84. The maximum Gasteiger partial charge on any atom is 0.254 e. The van der Waals surface area contributed by atoms with Gasteiger partial charge in [0.05, 0.1) is 44.9 Å². The molecule has 1 aliphatic heterocycles. The summed E-state index contributed by atoms with van der Waals surface area (Å²) >= 11 is 0. The number of H-pyrrole nitrogens is 1. The van der Waals surface area contributed by atoms with E-state index in [1.54, 1.807) is 25.2 Å². The standard InChI is InChI=1S/C30H34N4O6/c1-17(2)26(24-15-25(39-5)33-40-24)30(36)34-16-20(35)14-23(34)29-31-27(18-8-6-10-21(12-18)37-3)28(32-29)19-9-7-11-22(13-19)38-4/h6-13,15,17,20,23,26,35H,14,16H2,1-5H3,(H,31,32)/t20-,23+,26?/m1/s1.